The molecule has 0 amide bonds. The molecule has 0 aliphatic heterocycles. The van der Waals surface area contributed by atoms with Crippen LogP contribution in [0.15, 0.2) is 0 Å². The van der Waals surface area contributed by atoms with Crippen LogP contribution in [0.25, 0.3) is 0 Å². The van der Waals surface area contributed by atoms with Crippen molar-refractivity contribution in [2.24, 2.45) is 5.92 Å². The van der Waals surface area contributed by atoms with Crippen LogP contribution in [0.1, 0.15) is 25.7 Å². The summed E-state index contributed by atoms with van der Waals surface area (Å²) in [5.74, 6) is 7.33. The summed E-state index contributed by atoms with van der Waals surface area (Å²) in [5, 5.41) is 0.729. The predicted molar refractivity (Wildman–Crippen MR) is 70.4 cm³/mol. The van der Waals surface area contributed by atoms with Gasteiger partial charge in [0.2, 0.25) is 0 Å². The Balaban J connectivity index is 2.42. The smallest absolute Gasteiger partial charge is 0.117 e. The Morgan fingerprint density at radius 2 is 1.87 bits per heavy atom. The van der Waals surface area contributed by atoms with E-state index in [1.165, 1.54) is 12.8 Å². The highest BCUT2D eigenvalue weighted by Gasteiger charge is 2.17. The van der Waals surface area contributed by atoms with E-state index in [9.17, 15) is 0 Å². The Hall–Kier alpha value is 0.160. The predicted octanol–water partition coefficient (Wildman–Crippen LogP) is 3.04. The van der Waals surface area contributed by atoms with E-state index in [4.69, 9.17) is 11.6 Å². The molecule has 3 heteroatoms. The topological polar surface area (TPSA) is 3.24 Å². The Morgan fingerprint density at radius 3 is 2.33 bits per heavy atom. The molecule has 1 aliphatic carbocycles. The van der Waals surface area contributed by atoms with E-state index in [2.05, 4.69) is 37.1 Å². The molecular weight excluding hydrogens is 226 g/mol. The third kappa shape index (κ3) is 4.68. The molecule has 86 valence electrons. The highest BCUT2D eigenvalue weighted by atomic mass is 35.5. The lowest BCUT2D eigenvalue weighted by molar-refractivity contribution is 0.426. The van der Waals surface area contributed by atoms with Crippen molar-refractivity contribution in [2.45, 2.75) is 36.4 Å². The summed E-state index contributed by atoms with van der Waals surface area (Å²) in [6.07, 6.45) is 6.72. The summed E-state index contributed by atoms with van der Waals surface area (Å²) in [6.45, 7) is 0. The van der Waals surface area contributed by atoms with Gasteiger partial charge >= 0.3 is 0 Å². The van der Waals surface area contributed by atoms with Gasteiger partial charge in [-0.25, -0.2) is 0 Å². The largest absolute Gasteiger partial charge is 0.288 e. The molecule has 1 fully saturated rings. The van der Waals surface area contributed by atoms with E-state index >= 15 is 0 Å². The van der Waals surface area contributed by atoms with Crippen molar-refractivity contribution in [3.05, 3.63) is 0 Å². The van der Waals surface area contributed by atoms with Crippen LogP contribution in [-0.4, -0.2) is 36.0 Å². The van der Waals surface area contributed by atoms with Crippen LogP contribution in [0, 0.1) is 17.8 Å². The second-order valence-corrected chi connectivity index (χ2v) is 5.82. The van der Waals surface area contributed by atoms with E-state index < -0.39 is 0 Å². The number of hydrogen-bond donors (Lipinski definition) is 0. The minimum atomic E-state index is 0.332. The van der Waals surface area contributed by atoms with Crippen molar-refractivity contribution in [1.82, 2.24) is 4.90 Å². The van der Waals surface area contributed by atoms with E-state index in [-0.39, 0.29) is 0 Å². The second-order valence-electron chi connectivity index (χ2n) is 4.29. The van der Waals surface area contributed by atoms with Crippen molar-refractivity contribution >= 4 is 23.4 Å². The van der Waals surface area contributed by atoms with Gasteiger partial charge in [0.15, 0.2) is 0 Å². The molecule has 1 aliphatic rings. The minimum Gasteiger partial charge on any atom is -0.288 e. The van der Waals surface area contributed by atoms with Crippen LogP contribution in [-0.2, 0) is 0 Å². The van der Waals surface area contributed by atoms with Gasteiger partial charge < -0.3 is 0 Å². The monoisotopic (exact) mass is 245 g/mol. The second kappa shape index (κ2) is 6.68. The lowest BCUT2D eigenvalue weighted by atomic mass is 9.89. The van der Waals surface area contributed by atoms with E-state index in [0.29, 0.717) is 16.7 Å². The normalized spacial score (nSPS) is 28.3. The first-order valence-electron chi connectivity index (χ1n) is 5.48. The fourth-order valence-electron chi connectivity index (χ4n) is 1.79. The fraction of sp³-hybridized carbons (Fsp3) is 0.833. The van der Waals surface area contributed by atoms with Crippen molar-refractivity contribution in [3.8, 4) is 11.8 Å². The molecule has 0 bridgehead atoms. The maximum Gasteiger partial charge on any atom is 0.117 e. The molecule has 15 heavy (non-hydrogen) atoms. The molecule has 0 aromatic heterocycles. The van der Waals surface area contributed by atoms with Gasteiger partial charge in [-0.3, -0.25) is 4.90 Å². The number of nitrogens with zero attached hydrogens (tertiary/aromatic N) is 1. The molecule has 0 radical (unpaired) electrons. The third-order valence-corrected chi connectivity index (χ3v) is 4.18. The van der Waals surface area contributed by atoms with Gasteiger partial charge in [0, 0.05) is 11.3 Å². The molecule has 0 saturated heterocycles. The average molecular weight is 246 g/mol. The van der Waals surface area contributed by atoms with Gasteiger partial charge in [-0.15, -0.1) is 23.4 Å². The van der Waals surface area contributed by atoms with Crippen LogP contribution in [0.4, 0.5) is 0 Å². The number of rotatable bonds is 2. The third-order valence-electron chi connectivity index (χ3n) is 2.76. The van der Waals surface area contributed by atoms with Gasteiger partial charge in [0.1, 0.15) is 5.37 Å². The zero-order valence-corrected chi connectivity index (χ0v) is 11.4. The first kappa shape index (κ1) is 13.2. The molecule has 0 heterocycles. The van der Waals surface area contributed by atoms with Crippen molar-refractivity contribution in [1.29, 1.82) is 0 Å². The maximum absolute atomic E-state index is 6.06. The Bertz CT molecular complexity index is 236. The molecule has 1 atom stereocenters. The highest BCUT2D eigenvalue weighted by Crippen LogP contribution is 2.27. The van der Waals surface area contributed by atoms with Gasteiger partial charge in [-0.2, -0.15) is 0 Å². The number of thioether (sulfide) groups is 1. The van der Waals surface area contributed by atoms with Gasteiger partial charge in [0.05, 0.1) is 0 Å². The van der Waals surface area contributed by atoms with Crippen molar-refractivity contribution in [2.75, 3.05) is 20.4 Å². The first-order chi connectivity index (χ1) is 7.13. The fourth-order valence-corrected chi connectivity index (χ4v) is 2.64. The van der Waals surface area contributed by atoms with Crippen LogP contribution < -0.4 is 0 Å². The number of hydrogen-bond acceptors (Lipinski definition) is 2. The SMILES string of the molecule is CSC(C#CC1CCC(Cl)CC1)N(C)C. The highest BCUT2D eigenvalue weighted by molar-refractivity contribution is 7.99. The van der Waals surface area contributed by atoms with Gasteiger partial charge in [-0.1, -0.05) is 11.8 Å². The van der Waals surface area contributed by atoms with Gasteiger partial charge in [-0.05, 0) is 46.0 Å². The average Bonchev–Trinajstić information content (AvgIpc) is 2.21. The lowest BCUT2D eigenvalue weighted by Crippen LogP contribution is -2.23. The lowest BCUT2D eigenvalue weighted by Gasteiger charge is -2.21. The summed E-state index contributed by atoms with van der Waals surface area (Å²) in [4.78, 5) is 2.16. The van der Waals surface area contributed by atoms with Crippen LogP contribution >= 0.6 is 23.4 Å². The summed E-state index contributed by atoms with van der Waals surface area (Å²) in [6, 6.07) is 0. The molecule has 0 aromatic carbocycles. The zero-order chi connectivity index (χ0) is 11.3. The number of alkyl halides is 1. The molecule has 0 N–H and O–H groups in total. The maximum atomic E-state index is 6.06. The molecule has 1 saturated carbocycles. The molecule has 1 unspecified atom stereocenters. The van der Waals surface area contributed by atoms with E-state index in [1.54, 1.807) is 11.8 Å². The van der Waals surface area contributed by atoms with Gasteiger partial charge in [0.25, 0.3) is 0 Å². The Morgan fingerprint density at radius 1 is 1.27 bits per heavy atom. The molecule has 1 rings (SSSR count). The number of halogens is 1. The summed E-state index contributed by atoms with van der Waals surface area (Å²) < 4.78 is 0. The van der Waals surface area contributed by atoms with E-state index in [1.807, 2.05) is 0 Å². The molecule has 0 spiro atoms. The van der Waals surface area contributed by atoms with Crippen molar-refractivity contribution in [3.63, 3.8) is 0 Å². The zero-order valence-electron chi connectivity index (χ0n) is 9.79. The van der Waals surface area contributed by atoms with Crippen molar-refractivity contribution < 1.29 is 0 Å². The molecule has 0 aromatic rings. The van der Waals surface area contributed by atoms with E-state index in [0.717, 1.165) is 12.8 Å². The first-order valence-corrected chi connectivity index (χ1v) is 7.20. The van der Waals surface area contributed by atoms with Crippen LogP contribution in [0.2, 0.25) is 0 Å². The van der Waals surface area contributed by atoms with Crippen LogP contribution in [0.3, 0.4) is 0 Å². The summed E-state index contributed by atoms with van der Waals surface area (Å²) in [7, 11) is 4.15. The Labute approximate surface area is 103 Å². The summed E-state index contributed by atoms with van der Waals surface area (Å²) >= 11 is 7.86. The Kier molecular flexibility index (Phi) is 5.89. The summed E-state index contributed by atoms with van der Waals surface area (Å²) in [5.41, 5.74) is 0. The van der Waals surface area contributed by atoms with Crippen LogP contribution in [0.5, 0.6) is 0 Å². The molecular formula is C12H20ClNS. The molecule has 1 nitrogen and oxygen atoms in total. The quantitative estimate of drug-likeness (QED) is 0.418. The minimum absolute atomic E-state index is 0.332. The standard InChI is InChI=1S/C12H20ClNS/c1-14(2)12(15-3)9-6-10-4-7-11(13)8-5-10/h10-12H,4-5,7-8H2,1-3H3.